The van der Waals surface area contributed by atoms with E-state index in [4.69, 9.17) is 9.47 Å². The molecule has 1 aromatic carbocycles. The maximum atomic E-state index is 11.9. The SMILES string of the molecule is CCOc1ccc(C=[N+]([O-])C(C)(C)C)cc1OCC. The fourth-order valence-electron chi connectivity index (χ4n) is 1.48. The first-order chi connectivity index (χ1) is 8.88. The van der Waals surface area contributed by atoms with Crippen LogP contribution in [0.5, 0.6) is 11.5 Å². The van der Waals surface area contributed by atoms with Gasteiger partial charge in [-0.05, 0) is 32.0 Å². The van der Waals surface area contributed by atoms with Crippen molar-refractivity contribution in [1.82, 2.24) is 0 Å². The number of hydrogen-bond donors (Lipinski definition) is 0. The van der Waals surface area contributed by atoms with Crippen molar-refractivity contribution in [2.45, 2.75) is 40.2 Å². The van der Waals surface area contributed by atoms with E-state index in [-0.39, 0.29) is 0 Å². The van der Waals surface area contributed by atoms with Crippen molar-refractivity contribution in [3.8, 4) is 11.5 Å². The summed E-state index contributed by atoms with van der Waals surface area (Å²) in [5.41, 5.74) is 0.349. The van der Waals surface area contributed by atoms with Gasteiger partial charge in [0.25, 0.3) is 0 Å². The van der Waals surface area contributed by atoms with E-state index in [1.807, 2.05) is 52.8 Å². The van der Waals surface area contributed by atoms with Crippen LogP contribution in [0.1, 0.15) is 40.2 Å². The normalized spacial score (nSPS) is 12.4. The first-order valence-electron chi connectivity index (χ1n) is 6.59. The standard InChI is InChI=1S/C15H23NO3/c1-6-18-13-9-8-12(10-14(13)19-7-2)11-16(17)15(3,4)5/h8-11H,6-7H2,1-5H3. The molecule has 0 aliphatic carbocycles. The van der Waals surface area contributed by atoms with E-state index in [1.54, 1.807) is 6.21 Å². The Kier molecular flexibility index (Phi) is 5.21. The number of hydrogen-bond acceptors (Lipinski definition) is 3. The minimum Gasteiger partial charge on any atom is -0.623 e. The summed E-state index contributed by atoms with van der Waals surface area (Å²) in [5.74, 6) is 1.37. The highest BCUT2D eigenvalue weighted by atomic mass is 16.5. The van der Waals surface area contributed by atoms with Crippen molar-refractivity contribution < 1.29 is 14.2 Å². The third kappa shape index (κ3) is 4.47. The van der Waals surface area contributed by atoms with Gasteiger partial charge in [-0.15, -0.1) is 0 Å². The van der Waals surface area contributed by atoms with E-state index in [0.717, 1.165) is 10.3 Å². The van der Waals surface area contributed by atoms with Crippen molar-refractivity contribution >= 4 is 6.21 Å². The summed E-state index contributed by atoms with van der Waals surface area (Å²) in [6, 6.07) is 5.51. The summed E-state index contributed by atoms with van der Waals surface area (Å²) in [6.45, 7) is 10.6. The zero-order valence-corrected chi connectivity index (χ0v) is 12.4. The molecule has 4 nitrogen and oxygen atoms in total. The maximum absolute atomic E-state index is 11.9. The molecular formula is C15H23NO3. The summed E-state index contributed by atoms with van der Waals surface area (Å²) >= 11 is 0. The number of rotatable bonds is 5. The second-order valence-electron chi connectivity index (χ2n) is 5.20. The quantitative estimate of drug-likeness (QED) is 0.355. The van der Waals surface area contributed by atoms with Gasteiger partial charge in [-0.3, -0.25) is 0 Å². The monoisotopic (exact) mass is 265 g/mol. The molecule has 1 rings (SSSR count). The zero-order valence-electron chi connectivity index (χ0n) is 12.4. The molecule has 0 aromatic heterocycles. The summed E-state index contributed by atoms with van der Waals surface area (Å²) in [4.78, 5) is 0. The Hall–Kier alpha value is -1.71. The van der Waals surface area contributed by atoms with Gasteiger partial charge in [0.15, 0.2) is 23.3 Å². The van der Waals surface area contributed by atoms with Crippen molar-refractivity contribution in [2.75, 3.05) is 13.2 Å². The molecule has 0 aliphatic rings. The molecule has 1 aromatic rings. The van der Waals surface area contributed by atoms with Gasteiger partial charge >= 0.3 is 0 Å². The highest BCUT2D eigenvalue weighted by molar-refractivity contribution is 5.77. The molecule has 0 radical (unpaired) electrons. The van der Waals surface area contributed by atoms with Gasteiger partial charge in [0.1, 0.15) is 0 Å². The Labute approximate surface area is 115 Å². The smallest absolute Gasteiger partial charge is 0.182 e. The van der Waals surface area contributed by atoms with Crippen LogP contribution in [0, 0.1) is 5.21 Å². The topological polar surface area (TPSA) is 44.5 Å². The molecule has 0 fully saturated rings. The summed E-state index contributed by atoms with van der Waals surface area (Å²) in [6.07, 6.45) is 1.57. The Balaban J connectivity index is 3.08. The molecule has 0 amide bonds. The number of benzene rings is 1. The molecule has 0 aliphatic heterocycles. The van der Waals surface area contributed by atoms with Crippen molar-refractivity contribution in [2.24, 2.45) is 0 Å². The van der Waals surface area contributed by atoms with Gasteiger partial charge in [-0.2, -0.15) is 0 Å². The van der Waals surface area contributed by atoms with Gasteiger partial charge in [0, 0.05) is 26.3 Å². The minimum atomic E-state index is -0.454. The van der Waals surface area contributed by atoms with Crippen LogP contribution in [0.25, 0.3) is 0 Å². The molecule has 0 bridgehead atoms. The molecule has 0 saturated heterocycles. The predicted molar refractivity (Wildman–Crippen MR) is 77.3 cm³/mol. The lowest BCUT2D eigenvalue weighted by molar-refractivity contribution is -0.530. The minimum absolute atomic E-state index is 0.454. The molecule has 0 unspecified atom stereocenters. The van der Waals surface area contributed by atoms with Gasteiger partial charge < -0.3 is 14.7 Å². The molecule has 19 heavy (non-hydrogen) atoms. The van der Waals surface area contributed by atoms with Crippen LogP contribution in [0.15, 0.2) is 18.2 Å². The number of hydroxylamine groups is 1. The molecule has 4 heteroatoms. The van der Waals surface area contributed by atoms with Crippen molar-refractivity contribution in [3.63, 3.8) is 0 Å². The van der Waals surface area contributed by atoms with E-state index < -0.39 is 5.54 Å². The van der Waals surface area contributed by atoms with E-state index in [9.17, 15) is 5.21 Å². The fourth-order valence-corrected chi connectivity index (χ4v) is 1.48. The molecular weight excluding hydrogens is 242 g/mol. The third-order valence-corrected chi connectivity index (χ3v) is 2.49. The van der Waals surface area contributed by atoms with Crippen LogP contribution in [-0.4, -0.2) is 29.7 Å². The van der Waals surface area contributed by atoms with Crippen LogP contribution in [-0.2, 0) is 0 Å². The first-order valence-corrected chi connectivity index (χ1v) is 6.59. The van der Waals surface area contributed by atoms with Crippen LogP contribution >= 0.6 is 0 Å². The van der Waals surface area contributed by atoms with Gasteiger partial charge in [-0.1, -0.05) is 0 Å². The summed E-state index contributed by atoms with van der Waals surface area (Å²) in [5, 5.41) is 11.9. The number of ether oxygens (including phenoxy) is 2. The Morgan fingerprint density at radius 3 is 2.21 bits per heavy atom. The fraction of sp³-hybridized carbons (Fsp3) is 0.533. The molecule has 0 spiro atoms. The van der Waals surface area contributed by atoms with E-state index in [0.29, 0.717) is 24.7 Å². The lowest BCUT2D eigenvalue weighted by Gasteiger charge is -2.19. The van der Waals surface area contributed by atoms with Crippen LogP contribution in [0.3, 0.4) is 0 Å². The molecule has 0 heterocycles. The van der Waals surface area contributed by atoms with Gasteiger partial charge in [-0.25, -0.2) is 4.74 Å². The molecule has 0 N–H and O–H groups in total. The highest BCUT2D eigenvalue weighted by Crippen LogP contribution is 2.28. The van der Waals surface area contributed by atoms with Crippen molar-refractivity contribution in [1.29, 1.82) is 0 Å². The second kappa shape index (κ2) is 6.45. The van der Waals surface area contributed by atoms with Crippen molar-refractivity contribution in [3.05, 3.63) is 29.0 Å². The van der Waals surface area contributed by atoms with E-state index >= 15 is 0 Å². The van der Waals surface area contributed by atoms with E-state index in [1.165, 1.54) is 0 Å². The lowest BCUT2D eigenvalue weighted by atomic mass is 10.1. The Morgan fingerprint density at radius 2 is 1.68 bits per heavy atom. The Bertz CT molecular complexity index is 447. The van der Waals surface area contributed by atoms with Crippen LogP contribution in [0.4, 0.5) is 0 Å². The lowest BCUT2D eigenvalue weighted by Crippen LogP contribution is -2.29. The molecule has 0 atom stereocenters. The molecule has 106 valence electrons. The predicted octanol–water partition coefficient (Wildman–Crippen LogP) is 3.21. The van der Waals surface area contributed by atoms with Gasteiger partial charge in [0.05, 0.1) is 13.2 Å². The average Bonchev–Trinajstić information content (AvgIpc) is 2.32. The van der Waals surface area contributed by atoms with Crippen LogP contribution in [0.2, 0.25) is 0 Å². The van der Waals surface area contributed by atoms with Crippen LogP contribution < -0.4 is 9.47 Å². The second-order valence-corrected chi connectivity index (χ2v) is 5.20. The number of nitrogens with zero attached hydrogens (tertiary/aromatic N) is 1. The first kappa shape index (κ1) is 15.3. The summed E-state index contributed by atoms with van der Waals surface area (Å²) < 4.78 is 12.0. The Morgan fingerprint density at radius 1 is 1.11 bits per heavy atom. The largest absolute Gasteiger partial charge is 0.623 e. The third-order valence-electron chi connectivity index (χ3n) is 2.49. The highest BCUT2D eigenvalue weighted by Gasteiger charge is 2.18. The van der Waals surface area contributed by atoms with E-state index in [2.05, 4.69) is 0 Å². The average molecular weight is 265 g/mol. The maximum Gasteiger partial charge on any atom is 0.182 e. The summed E-state index contributed by atoms with van der Waals surface area (Å²) in [7, 11) is 0. The zero-order chi connectivity index (χ0) is 14.5. The van der Waals surface area contributed by atoms with Gasteiger partial charge in [0.2, 0.25) is 0 Å². The molecule has 0 saturated carbocycles.